The van der Waals surface area contributed by atoms with Crippen LogP contribution >= 0.6 is 0 Å². The van der Waals surface area contributed by atoms with E-state index in [9.17, 15) is 9.59 Å². The van der Waals surface area contributed by atoms with Crippen molar-refractivity contribution in [1.29, 1.82) is 0 Å². The van der Waals surface area contributed by atoms with Gasteiger partial charge in [-0.15, -0.1) is 0 Å². The van der Waals surface area contributed by atoms with E-state index in [0.717, 1.165) is 5.69 Å². The Morgan fingerprint density at radius 3 is 1.95 bits per heavy atom. The number of hydrogen-bond donors (Lipinski definition) is 4. The lowest BCUT2D eigenvalue weighted by molar-refractivity contribution is -0.109. The SMILES string of the molecule is O=CNNc1ccc(NC(=O)Nc2ccccc2)cc1. The number of urea groups is 1. The topological polar surface area (TPSA) is 82.3 Å². The molecule has 0 atom stereocenters. The molecule has 4 N–H and O–H groups in total. The molecule has 0 aliphatic heterocycles. The summed E-state index contributed by atoms with van der Waals surface area (Å²) in [6, 6.07) is 15.8. The van der Waals surface area contributed by atoms with Crippen molar-refractivity contribution in [3.63, 3.8) is 0 Å². The van der Waals surface area contributed by atoms with Gasteiger partial charge in [0, 0.05) is 11.4 Å². The first kappa shape index (κ1) is 13.4. The van der Waals surface area contributed by atoms with Gasteiger partial charge in [-0.2, -0.15) is 0 Å². The summed E-state index contributed by atoms with van der Waals surface area (Å²) in [6.45, 7) is 0. The number of hydrogen-bond acceptors (Lipinski definition) is 3. The predicted octanol–water partition coefficient (Wildman–Crippen LogP) is 2.40. The third-order valence-electron chi connectivity index (χ3n) is 2.45. The van der Waals surface area contributed by atoms with Gasteiger partial charge in [-0.3, -0.25) is 15.6 Å². The lowest BCUT2D eigenvalue weighted by atomic mass is 10.3. The number of nitrogens with one attached hydrogen (secondary N) is 4. The standard InChI is InChI=1S/C14H14N4O2/c19-10-15-18-13-8-6-12(7-9-13)17-14(20)16-11-4-2-1-3-5-11/h1-10,18H,(H,15,19)(H2,16,17,20). The van der Waals surface area contributed by atoms with Gasteiger partial charge in [-0.1, -0.05) is 18.2 Å². The molecule has 2 rings (SSSR count). The molecule has 3 amide bonds. The summed E-state index contributed by atoms with van der Waals surface area (Å²) in [5.41, 5.74) is 7.08. The molecule has 0 unspecified atom stereocenters. The van der Waals surface area contributed by atoms with Gasteiger partial charge in [0.1, 0.15) is 0 Å². The minimum atomic E-state index is -0.317. The van der Waals surface area contributed by atoms with E-state index in [4.69, 9.17) is 0 Å². The van der Waals surface area contributed by atoms with Gasteiger partial charge in [0.2, 0.25) is 6.41 Å². The van der Waals surface area contributed by atoms with Crippen molar-refractivity contribution in [3.8, 4) is 0 Å². The molecule has 0 aromatic heterocycles. The van der Waals surface area contributed by atoms with E-state index in [0.29, 0.717) is 17.8 Å². The van der Waals surface area contributed by atoms with Crippen LogP contribution in [0.25, 0.3) is 0 Å². The molecule has 102 valence electrons. The maximum absolute atomic E-state index is 11.7. The van der Waals surface area contributed by atoms with Crippen molar-refractivity contribution in [1.82, 2.24) is 5.43 Å². The lowest BCUT2D eigenvalue weighted by Gasteiger charge is -2.08. The number of carbonyl (C=O) groups is 2. The van der Waals surface area contributed by atoms with Crippen LogP contribution in [0.1, 0.15) is 0 Å². The van der Waals surface area contributed by atoms with Crippen LogP contribution in [0.4, 0.5) is 21.9 Å². The summed E-state index contributed by atoms with van der Waals surface area (Å²) in [5, 5.41) is 5.42. The van der Waals surface area contributed by atoms with E-state index in [1.807, 2.05) is 18.2 Å². The molecule has 6 nitrogen and oxygen atoms in total. The lowest BCUT2D eigenvalue weighted by Crippen LogP contribution is -2.20. The van der Waals surface area contributed by atoms with Crippen molar-refractivity contribution in [3.05, 3.63) is 54.6 Å². The van der Waals surface area contributed by atoms with Gasteiger partial charge in [0.25, 0.3) is 0 Å². The molecule has 0 heterocycles. The highest BCUT2D eigenvalue weighted by atomic mass is 16.2. The minimum absolute atomic E-state index is 0.317. The number of hydrazine groups is 1. The molecule has 0 spiro atoms. The van der Waals surface area contributed by atoms with E-state index in [1.54, 1.807) is 36.4 Å². The summed E-state index contributed by atoms with van der Waals surface area (Å²) in [6.07, 6.45) is 0.541. The molecular formula is C14H14N4O2. The zero-order chi connectivity index (χ0) is 14.2. The molecule has 0 aliphatic carbocycles. The van der Waals surface area contributed by atoms with Crippen LogP contribution in [0.15, 0.2) is 54.6 Å². The highest BCUT2D eigenvalue weighted by molar-refractivity contribution is 5.99. The van der Waals surface area contributed by atoms with Gasteiger partial charge >= 0.3 is 6.03 Å². The maximum Gasteiger partial charge on any atom is 0.323 e. The normalized spacial score (nSPS) is 9.40. The molecule has 0 saturated carbocycles. The summed E-state index contributed by atoms with van der Waals surface area (Å²) in [5.74, 6) is 0. The first-order valence-electron chi connectivity index (χ1n) is 5.96. The van der Waals surface area contributed by atoms with E-state index in [1.165, 1.54) is 0 Å². The van der Waals surface area contributed by atoms with Gasteiger partial charge in [0.15, 0.2) is 0 Å². The molecular weight excluding hydrogens is 256 g/mol. The van der Waals surface area contributed by atoms with Crippen molar-refractivity contribution < 1.29 is 9.59 Å². The second-order valence-electron chi connectivity index (χ2n) is 3.91. The fourth-order valence-corrected chi connectivity index (χ4v) is 1.56. The summed E-state index contributed by atoms with van der Waals surface area (Å²) < 4.78 is 0. The third kappa shape index (κ3) is 4.02. The Morgan fingerprint density at radius 2 is 1.35 bits per heavy atom. The number of amides is 3. The summed E-state index contributed by atoms with van der Waals surface area (Å²) in [7, 11) is 0. The highest BCUT2D eigenvalue weighted by Gasteiger charge is 2.02. The van der Waals surface area contributed by atoms with Gasteiger partial charge in [0.05, 0.1) is 5.69 Å². The molecule has 2 aromatic rings. The van der Waals surface area contributed by atoms with Crippen molar-refractivity contribution in [2.24, 2.45) is 0 Å². The second-order valence-corrected chi connectivity index (χ2v) is 3.91. The van der Waals surface area contributed by atoms with Crippen LogP contribution in [0, 0.1) is 0 Å². The average Bonchev–Trinajstić information content (AvgIpc) is 2.47. The number of carbonyl (C=O) groups excluding carboxylic acids is 2. The van der Waals surface area contributed by atoms with E-state index < -0.39 is 0 Å². The zero-order valence-corrected chi connectivity index (χ0v) is 10.6. The molecule has 6 heteroatoms. The molecule has 0 saturated heterocycles. The molecule has 0 bridgehead atoms. The van der Waals surface area contributed by atoms with Crippen LogP contribution in [0.3, 0.4) is 0 Å². The summed E-state index contributed by atoms with van der Waals surface area (Å²) in [4.78, 5) is 21.9. The van der Waals surface area contributed by atoms with Crippen LogP contribution in [0.5, 0.6) is 0 Å². The first-order chi connectivity index (χ1) is 9.78. The fourth-order valence-electron chi connectivity index (χ4n) is 1.56. The molecule has 20 heavy (non-hydrogen) atoms. The molecule has 0 fully saturated rings. The minimum Gasteiger partial charge on any atom is -0.308 e. The smallest absolute Gasteiger partial charge is 0.308 e. The molecule has 2 aromatic carbocycles. The number of benzene rings is 2. The van der Waals surface area contributed by atoms with Gasteiger partial charge in [-0.25, -0.2) is 4.79 Å². The summed E-state index contributed by atoms with van der Waals surface area (Å²) >= 11 is 0. The Balaban J connectivity index is 1.89. The Labute approximate surface area is 116 Å². The predicted molar refractivity (Wildman–Crippen MR) is 78.3 cm³/mol. The highest BCUT2D eigenvalue weighted by Crippen LogP contribution is 2.13. The van der Waals surface area contributed by atoms with Crippen molar-refractivity contribution >= 4 is 29.5 Å². The maximum atomic E-state index is 11.7. The van der Waals surface area contributed by atoms with Gasteiger partial charge < -0.3 is 10.6 Å². The van der Waals surface area contributed by atoms with E-state index in [-0.39, 0.29) is 6.03 Å². The number of anilines is 3. The average molecular weight is 270 g/mol. The van der Waals surface area contributed by atoms with Crippen LogP contribution in [-0.2, 0) is 4.79 Å². The number of para-hydroxylation sites is 1. The van der Waals surface area contributed by atoms with E-state index in [2.05, 4.69) is 21.5 Å². The number of rotatable bonds is 5. The van der Waals surface area contributed by atoms with Gasteiger partial charge in [-0.05, 0) is 36.4 Å². The van der Waals surface area contributed by atoms with Crippen molar-refractivity contribution in [2.75, 3.05) is 16.1 Å². The Hall–Kier alpha value is -3.02. The van der Waals surface area contributed by atoms with E-state index >= 15 is 0 Å². The Bertz CT molecular complexity index is 569. The zero-order valence-electron chi connectivity index (χ0n) is 10.6. The van der Waals surface area contributed by atoms with Crippen LogP contribution < -0.4 is 21.5 Å². The third-order valence-corrected chi connectivity index (χ3v) is 2.45. The largest absolute Gasteiger partial charge is 0.323 e. The second kappa shape index (κ2) is 6.79. The van der Waals surface area contributed by atoms with Crippen molar-refractivity contribution in [2.45, 2.75) is 0 Å². The molecule has 0 aliphatic rings. The first-order valence-corrected chi connectivity index (χ1v) is 5.96. The quantitative estimate of drug-likeness (QED) is 0.497. The molecule has 0 radical (unpaired) electrons. The Kier molecular flexibility index (Phi) is 4.55. The van der Waals surface area contributed by atoms with Crippen LogP contribution in [-0.4, -0.2) is 12.4 Å². The fraction of sp³-hybridized carbons (Fsp3) is 0. The van der Waals surface area contributed by atoms with Crippen LogP contribution in [0.2, 0.25) is 0 Å². The monoisotopic (exact) mass is 270 g/mol. The Morgan fingerprint density at radius 1 is 0.800 bits per heavy atom.